The van der Waals surface area contributed by atoms with Crippen LogP contribution in [0.15, 0.2) is 0 Å². The van der Waals surface area contributed by atoms with E-state index in [-0.39, 0.29) is 0 Å². The van der Waals surface area contributed by atoms with Crippen LogP contribution in [0.25, 0.3) is 0 Å². The van der Waals surface area contributed by atoms with Gasteiger partial charge in [-0.05, 0) is 18.3 Å². The molecule has 0 saturated heterocycles. The Morgan fingerprint density at radius 3 is 0.710 bits per heavy atom. The molecule has 0 spiro atoms. The van der Waals surface area contributed by atoms with Crippen molar-refractivity contribution in [2.75, 3.05) is 0 Å². The first-order chi connectivity index (χ1) is 15.1. The van der Waals surface area contributed by atoms with Gasteiger partial charge in [-0.25, -0.2) is 0 Å². The molecule has 0 heterocycles. The summed E-state index contributed by atoms with van der Waals surface area (Å²) in [5.74, 6) is 0. The van der Waals surface area contributed by atoms with Gasteiger partial charge in [0.05, 0.1) is 0 Å². The van der Waals surface area contributed by atoms with Crippen LogP contribution in [0, 0.1) is 5.41 Å². The number of rotatable bonds is 26. The van der Waals surface area contributed by atoms with Crippen molar-refractivity contribution in [2.45, 2.75) is 195 Å². The summed E-state index contributed by atoms with van der Waals surface area (Å²) in [6.07, 6.45) is 38.0. The molecule has 0 bridgehead atoms. The molecule has 0 aliphatic rings. The van der Waals surface area contributed by atoms with Gasteiger partial charge in [-0.15, -0.1) is 0 Å². The van der Waals surface area contributed by atoms with E-state index >= 15 is 0 Å². The summed E-state index contributed by atoms with van der Waals surface area (Å²) in [4.78, 5) is 0. The zero-order valence-corrected chi connectivity index (χ0v) is 22.9. The highest BCUT2D eigenvalue weighted by Crippen LogP contribution is 2.30. The molecule has 0 aliphatic carbocycles. The predicted molar refractivity (Wildman–Crippen MR) is 145 cm³/mol. The number of hydrogen-bond donors (Lipinski definition) is 0. The first-order valence-corrected chi connectivity index (χ1v) is 15.1. The van der Waals surface area contributed by atoms with Gasteiger partial charge >= 0.3 is 0 Å². The highest BCUT2D eigenvalue weighted by molar-refractivity contribution is 4.69. The van der Waals surface area contributed by atoms with Gasteiger partial charge in [0.15, 0.2) is 0 Å². The maximum Gasteiger partial charge on any atom is -0.0354 e. The summed E-state index contributed by atoms with van der Waals surface area (Å²) in [5, 5.41) is 0. The normalized spacial score (nSPS) is 12.0. The van der Waals surface area contributed by atoms with E-state index in [1.807, 2.05) is 0 Å². The Bertz CT molecular complexity index is 316. The van der Waals surface area contributed by atoms with Crippen LogP contribution in [0.2, 0.25) is 0 Å². The SMILES string of the molecule is CCCCCCCCCCCCCCCCCCC(C)(C)CCCCCCCCCC. The fraction of sp³-hybridized carbons (Fsp3) is 1.00. The molecule has 0 radical (unpaired) electrons. The molecule has 0 amide bonds. The fourth-order valence-electron chi connectivity index (χ4n) is 5.01. The molecule has 0 aromatic rings. The fourth-order valence-corrected chi connectivity index (χ4v) is 5.01. The lowest BCUT2D eigenvalue weighted by Crippen LogP contribution is -2.11. The van der Waals surface area contributed by atoms with Gasteiger partial charge in [-0.1, -0.05) is 182 Å². The summed E-state index contributed by atoms with van der Waals surface area (Å²) >= 11 is 0. The molecule has 31 heavy (non-hydrogen) atoms. The van der Waals surface area contributed by atoms with Gasteiger partial charge in [-0.2, -0.15) is 0 Å². The van der Waals surface area contributed by atoms with Crippen LogP contribution in [0.4, 0.5) is 0 Å². The second-order valence-electron chi connectivity index (χ2n) is 11.4. The molecular weight excluding hydrogens is 372 g/mol. The molecule has 0 atom stereocenters. The second kappa shape index (κ2) is 24.6. The van der Waals surface area contributed by atoms with E-state index in [1.54, 1.807) is 0 Å². The third kappa shape index (κ3) is 26.1. The zero-order chi connectivity index (χ0) is 22.9. The van der Waals surface area contributed by atoms with Gasteiger partial charge in [0.2, 0.25) is 0 Å². The summed E-state index contributed by atoms with van der Waals surface area (Å²) in [7, 11) is 0. The zero-order valence-electron chi connectivity index (χ0n) is 22.9. The van der Waals surface area contributed by atoms with Crippen molar-refractivity contribution in [1.29, 1.82) is 0 Å². The molecule has 0 saturated carbocycles. The Morgan fingerprint density at radius 1 is 0.290 bits per heavy atom. The minimum atomic E-state index is 0.582. The van der Waals surface area contributed by atoms with Crippen molar-refractivity contribution in [3.05, 3.63) is 0 Å². The first-order valence-electron chi connectivity index (χ1n) is 15.1. The van der Waals surface area contributed by atoms with E-state index in [9.17, 15) is 0 Å². The lowest BCUT2D eigenvalue weighted by molar-refractivity contribution is 0.282. The molecule has 0 aromatic carbocycles. The average molecular weight is 437 g/mol. The van der Waals surface area contributed by atoms with Crippen molar-refractivity contribution in [3.8, 4) is 0 Å². The summed E-state index contributed by atoms with van der Waals surface area (Å²) in [5.41, 5.74) is 0.582. The van der Waals surface area contributed by atoms with E-state index in [2.05, 4.69) is 27.7 Å². The lowest BCUT2D eigenvalue weighted by Gasteiger charge is -2.24. The largest absolute Gasteiger partial charge is 0.0654 e. The van der Waals surface area contributed by atoms with Crippen LogP contribution in [0.3, 0.4) is 0 Å². The Balaban J connectivity index is 3.25. The van der Waals surface area contributed by atoms with Gasteiger partial charge in [-0.3, -0.25) is 0 Å². The average Bonchev–Trinajstić information content (AvgIpc) is 2.75. The van der Waals surface area contributed by atoms with E-state index in [0.29, 0.717) is 5.41 Å². The third-order valence-electron chi connectivity index (χ3n) is 7.41. The van der Waals surface area contributed by atoms with Gasteiger partial charge < -0.3 is 0 Å². The maximum atomic E-state index is 2.51. The van der Waals surface area contributed by atoms with Gasteiger partial charge in [0, 0.05) is 0 Å². The second-order valence-corrected chi connectivity index (χ2v) is 11.4. The molecular formula is C31H64. The molecule has 0 unspecified atom stereocenters. The molecule has 0 aromatic heterocycles. The minimum Gasteiger partial charge on any atom is -0.0654 e. The monoisotopic (exact) mass is 437 g/mol. The van der Waals surface area contributed by atoms with Crippen LogP contribution in [-0.4, -0.2) is 0 Å². The van der Waals surface area contributed by atoms with E-state index < -0.39 is 0 Å². The first kappa shape index (κ1) is 31.0. The highest BCUT2D eigenvalue weighted by atomic mass is 14.2. The van der Waals surface area contributed by atoms with Gasteiger partial charge in [0.25, 0.3) is 0 Å². The quantitative estimate of drug-likeness (QED) is 0.118. The molecule has 0 N–H and O–H groups in total. The van der Waals surface area contributed by atoms with Crippen molar-refractivity contribution in [1.82, 2.24) is 0 Å². The molecule has 0 heteroatoms. The van der Waals surface area contributed by atoms with E-state index in [4.69, 9.17) is 0 Å². The smallest absolute Gasteiger partial charge is 0.0354 e. The van der Waals surface area contributed by atoms with Crippen molar-refractivity contribution < 1.29 is 0 Å². The molecule has 188 valence electrons. The molecule has 0 fully saturated rings. The Labute approximate surface area is 200 Å². The van der Waals surface area contributed by atoms with Crippen molar-refractivity contribution >= 4 is 0 Å². The predicted octanol–water partition coefficient (Wildman–Crippen LogP) is 12.2. The lowest BCUT2D eigenvalue weighted by atomic mass is 9.82. The minimum absolute atomic E-state index is 0.582. The summed E-state index contributed by atoms with van der Waals surface area (Å²) < 4.78 is 0. The summed E-state index contributed by atoms with van der Waals surface area (Å²) in [6, 6.07) is 0. The van der Waals surface area contributed by atoms with Crippen LogP contribution < -0.4 is 0 Å². The highest BCUT2D eigenvalue weighted by Gasteiger charge is 2.16. The van der Waals surface area contributed by atoms with E-state index in [1.165, 1.54) is 167 Å². The Hall–Kier alpha value is 0. The number of hydrogen-bond acceptors (Lipinski definition) is 0. The number of unbranched alkanes of at least 4 members (excludes halogenated alkanes) is 22. The van der Waals surface area contributed by atoms with Crippen LogP contribution >= 0.6 is 0 Å². The third-order valence-corrected chi connectivity index (χ3v) is 7.41. The maximum absolute atomic E-state index is 2.51. The van der Waals surface area contributed by atoms with Crippen LogP contribution in [-0.2, 0) is 0 Å². The summed E-state index contributed by atoms with van der Waals surface area (Å²) in [6.45, 7) is 9.64. The van der Waals surface area contributed by atoms with Crippen molar-refractivity contribution in [3.63, 3.8) is 0 Å². The van der Waals surface area contributed by atoms with Crippen LogP contribution in [0.1, 0.15) is 195 Å². The van der Waals surface area contributed by atoms with E-state index in [0.717, 1.165) is 0 Å². The standard InChI is InChI=1S/C31H64/c1-5-7-9-11-13-15-16-17-18-19-20-21-22-24-26-28-30-31(3,4)29-27-25-23-14-12-10-8-6-2/h5-30H2,1-4H3. The van der Waals surface area contributed by atoms with Crippen molar-refractivity contribution in [2.24, 2.45) is 5.41 Å². The topological polar surface area (TPSA) is 0 Å². The Kier molecular flexibility index (Phi) is 24.6. The van der Waals surface area contributed by atoms with Gasteiger partial charge in [0.1, 0.15) is 0 Å². The molecule has 0 rings (SSSR count). The van der Waals surface area contributed by atoms with Crippen LogP contribution in [0.5, 0.6) is 0 Å². The molecule has 0 nitrogen and oxygen atoms in total. The Morgan fingerprint density at radius 2 is 0.484 bits per heavy atom. The molecule has 0 aliphatic heterocycles.